The predicted molar refractivity (Wildman–Crippen MR) is 197 cm³/mol. The molecule has 23 nitrogen and oxygen atoms in total. The fourth-order valence-electron chi connectivity index (χ4n) is 7.88. The van der Waals surface area contributed by atoms with Gasteiger partial charge < -0.3 is 110 Å². The molecule has 0 aliphatic carbocycles. The number of aliphatic carboxylic acids is 1. The van der Waals surface area contributed by atoms with Gasteiger partial charge >= 0.3 is 29.6 Å². The number of hydrogen-bond acceptors (Lipinski definition) is 22. The van der Waals surface area contributed by atoms with Gasteiger partial charge in [0.25, 0.3) is 0 Å². The zero-order chi connectivity index (χ0) is 45.5. The summed E-state index contributed by atoms with van der Waals surface area (Å²) in [5.41, 5.74) is 0. The van der Waals surface area contributed by atoms with Gasteiger partial charge in [0.15, 0.2) is 6.29 Å². The van der Waals surface area contributed by atoms with Gasteiger partial charge in [0.2, 0.25) is 11.7 Å². The Labute approximate surface area is 375 Å². The molecular formula is C37H66NNaO22. The van der Waals surface area contributed by atoms with Crippen LogP contribution < -0.4 is 40.0 Å². The molecule has 0 bridgehead atoms. The molecule has 4 heterocycles. The Morgan fingerprint density at radius 1 is 0.754 bits per heavy atom. The van der Waals surface area contributed by atoms with Crippen molar-refractivity contribution in [1.29, 1.82) is 0 Å². The molecule has 0 spiro atoms. The number of amides is 1. The molecule has 352 valence electrons. The number of methoxy groups -OCH3 is 1. The Balaban J connectivity index is 0.000000674. The van der Waals surface area contributed by atoms with E-state index in [0.717, 1.165) is 6.92 Å². The van der Waals surface area contributed by atoms with Crippen LogP contribution in [0.4, 0.5) is 0 Å². The SMILES string of the molecule is CC(=O)NC1[C@H](O[C@H]2C(CO)O[C@@H](C(C)C)C(O)[C@H]2O[C@]2(C(=O)[O-])CC(O)[C@@H](C)[C@H]([C@H](O)[C@H](O)CO)O2)OC(CO)[C@H](O)[C@@H]1O.CO[C@@H]1C(O)[C@H](C(C)C)OC(CO)[C@@H]1O.[Na+]. The smallest absolute Gasteiger partial charge is 0.544 e. The summed E-state index contributed by atoms with van der Waals surface area (Å²) in [7, 11) is 1.42. The van der Waals surface area contributed by atoms with Crippen molar-refractivity contribution in [2.24, 2.45) is 17.8 Å². The van der Waals surface area contributed by atoms with Gasteiger partial charge in [-0.25, -0.2) is 0 Å². The van der Waals surface area contributed by atoms with Crippen LogP contribution in [0.25, 0.3) is 0 Å². The predicted octanol–water partition coefficient (Wildman–Crippen LogP) is -10.4. The Bertz CT molecular complexity index is 1340. The molecule has 4 aliphatic heterocycles. The molecule has 24 heteroatoms. The van der Waals surface area contributed by atoms with Crippen LogP contribution in [0.3, 0.4) is 0 Å². The van der Waals surface area contributed by atoms with E-state index in [1.807, 2.05) is 13.8 Å². The normalized spacial score (nSPS) is 42.8. The molecule has 7 unspecified atom stereocenters. The van der Waals surface area contributed by atoms with Crippen LogP contribution in [0.5, 0.6) is 0 Å². The Morgan fingerprint density at radius 3 is 1.72 bits per heavy atom. The first-order chi connectivity index (χ1) is 28.0. The summed E-state index contributed by atoms with van der Waals surface area (Å²) in [5.74, 6) is -6.99. The summed E-state index contributed by atoms with van der Waals surface area (Å²) in [6.45, 7) is 6.82. The van der Waals surface area contributed by atoms with Crippen LogP contribution >= 0.6 is 0 Å². The van der Waals surface area contributed by atoms with E-state index in [4.69, 9.17) is 38.3 Å². The number of aliphatic hydroxyl groups excluding tert-OH is 12. The van der Waals surface area contributed by atoms with Crippen LogP contribution in [0.2, 0.25) is 0 Å². The number of ether oxygens (including phenoxy) is 7. The molecule has 4 rings (SSSR count). The van der Waals surface area contributed by atoms with Crippen molar-refractivity contribution in [2.75, 3.05) is 33.5 Å². The topological polar surface area (TPSA) is 377 Å². The fourth-order valence-corrected chi connectivity index (χ4v) is 7.88. The summed E-state index contributed by atoms with van der Waals surface area (Å²) >= 11 is 0. The van der Waals surface area contributed by atoms with E-state index in [1.165, 1.54) is 14.0 Å². The largest absolute Gasteiger partial charge is 1.00 e. The van der Waals surface area contributed by atoms with Gasteiger partial charge in [0.1, 0.15) is 91.4 Å². The van der Waals surface area contributed by atoms with Crippen molar-refractivity contribution in [1.82, 2.24) is 5.32 Å². The number of rotatable bonds is 15. The summed E-state index contributed by atoms with van der Waals surface area (Å²) in [6.07, 6.45) is -25.6. The number of carbonyl (C=O) groups excluding carboxylic acids is 2. The van der Waals surface area contributed by atoms with Crippen molar-refractivity contribution in [3.05, 3.63) is 0 Å². The monoisotopic (exact) mass is 899 g/mol. The Morgan fingerprint density at radius 2 is 1.26 bits per heavy atom. The molecule has 1 amide bonds. The number of aliphatic hydroxyl groups is 12. The van der Waals surface area contributed by atoms with Crippen LogP contribution in [-0.2, 0) is 42.7 Å². The van der Waals surface area contributed by atoms with Gasteiger partial charge in [-0.05, 0) is 11.8 Å². The molecule has 4 aliphatic rings. The maximum absolute atomic E-state index is 12.7. The van der Waals surface area contributed by atoms with E-state index in [-0.39, 0.29) is 42.1 Å². The fraction of sp³-hybridized carbons (Fsp3) is 0.946. The third kappa shape index (κ3) is 13.0. The number of carboxylic acid groups (broad SMARTS) is 1. The maximum Gasteiger partial charge on any atom is 1.00 e. The van der Waals surface area contributed by atoms with Gasteiger partial charge in [0, 0.05) is 26.4 Å². The van der Waals surface area contributed by atoms with E-state index in [9.17, 15) is 70.9 Å². The summed E-state index contributed by atoms with van der Waals surface area (Å²) < 4.78 is 39.5. The molecule has 0 saturated carbocycles. The molecule has 21 atom stereocenters. The molecule has 0 aromatic carbocycles. The second-order valence-electron chi connectivity index (χ2n) is 16.4. The summed E-state index contributed by atoms with van der Waals surface area (Å²) in [4.78, 5) is 24.6. The number of carbonyl (C=O) groups is 2. The van der Waals surface area contributed by atoms with Gasteiger partial charge in [-0.1, -0.05) is 34.6 Å². The molecule has 61 heavy (non-hydrogen) atoms. The van der Waals surface area contributed by atoms with Crippen molar-refractivity contribution in [3.8, 4) is 0 Å². The van der Waals surface area contributed by atoms with E-state index >= 15 is 0 Å². The van der Waals surface area contributed by atoms with Gasteiger partial charge in [-0.15, -0.1) is 0 Å². The van der Waals surface area contributed by atoms with Crippen LogP contribution in [0, 0.1) is 17.8 Å². The first kappa shape index (κ1) is 56.3. The average molecular weight is 900 g/mol. The van der Waals surface area contributed by atoms with Crippen molar-refractivity contribution in [3.63, 3.8) is 0 Å². The van der Waals surface area contributed by atoms with E-state index < -0.39 is 172 Å². The van der Waals surface area contributed by atoms with Gasteiger partial charge in [-0.3, -0.25) is 4.79 Å². The zero-order valence-corrected chi connectivity index (χ0v) is 37.7. The quantitative estimate of drug-likeness (QED) is 0.0679. The third-order valence-electron chi connectivity index (χ3n) is 11.4. The number of nitrogens with one attached hydrogen (secondary N) is 1. The molecule has 13 N–H and O–H groups in total. The minimum absolute atomic E-state index is 0. The average Bonchev–Trinajstić information content (AvgIpc) is 3.19. The number of hydrogen-bond donors (Lipinski definition) is 13. The molecule has 0 radical (unpaired) electrons. The van der Waals surface area contributed by atoms with Gasteiger partial charge in [0.05, 0.1) is 50.8 Å². The zero-order valence-electron chi connectivity index (χ0n) is 35.7. The summed E-state index contributed by atoms with van der Waals surface area (Å²) in [5, 5.41) is 137. The Kier molecular flexibility index (Phi) is 22.7. The molecule has 0 aromatic heterocycles. The molecule has 0 aromatic rings. The summed E-state index contributed by atoms with van der Waals surface area (Å²) in [6, 6.07) is -1.48. The first-order valence-corrected chi connectivity index (χ1v) is 19.9. The number of carboxylic acids is 1. The Hall–Kier alpha value is -0.820. The third-order valence-corrected chi connectivity index (χ3v) is 11.4. The van der Waals surface area contributed by atoms with Crippen molar-refractivity contribution >= 4 is 11.9 Å². The van der Waals surface area contributed by atoms with E-state index in [2.05, 4.69) is 5.32 Å². The van der Waals surface area contributed by atoms with Crippen molar-refractivity contribution < 1.29 is 139 Å². The van der Waals surface area contributed by atoms with Crippen molar-refractivity contribution in [2.45, 2.75) is 170 Å². The van der Waals surface area contributed by atoms with E-state index in [1.54, 1.807) is 13.8 Å². The molecular weight excluding hydrogens is 833 g/mol. The standard InChI is InChI=1S/C27H47NO17.C10H20O5.Na/c1-9(2)21-20(38)24(45-27(26(39)40)5-12(33)10(3)22(44-27)17(35)13(34)6-29)23(15(8-31)41-21)43-25-16(28-11(4)32)19(37)18(36)14(7-30)42-25;1-5(2)9-8(13)10(14-3)7(12)6(4-11)15-9;/h9-10,12-25,29-31,33-38H,5-8H2,1-4H3,(H,28,32)(H,39,40);5-13H,4H2,1-3H3;/q;;+1/p-1/t10-,12?,13-,14?,15?,16?,17-,18+,19-,20?,21+,22-,23+,24-,25+,27+;6?,7-,8?,9-,10-;/m10./s1. The second kappa shape index (κ2) is 24.6. The molecule has 4 fully saturated rings. The van der Waals surface area contributed by atoms with Gasteiger partial charge in [-0.2, -0.15) is 0 Å². The molecule has 4 saturated heterocycles. The maximum atomic E-state index is 12.7. The second-order valence-corrected chi connectivity index (χ2v) is 16.4. The van der Waals surface area contributed by atoms with Crippen LogP contribution in [0.1, 0.15) is 48.0 Å². The minimum atomic E-state index is -2.91. The minimum Gasteiger partial charge on any atom is -0.544 e. The first-order valence-electron chi connectivity index (χ1n) is 19.9. The van der Waals surface area contributed by atoms with Crippen LogP contribution in [-0.4, -0.2) is 229 Å². The van der Waals surface area contributed by atoms with E-state index in [0.29, 0.717) is 0 Å². The van der Waals surface area contributed by atoms with Crippen LogP contribution in [0.15, 0.2) is 0 Å².